The molecule has 0 fully saturated rings. The Morgan fingerprint density at radius 3 is 2.58 bits per heavy atom. The van der Waals surface area contributed by atoms with E-state index in [2.05, 4.69) is 10.6 Å². The van der Waals surface area contributed by atoms with Gasteiger partial charge in [-0.2, -0.15) is 13.2 Å². The van der Waals surface area contributed by atoms with Gasteiger partial charge in [0.25, 0.3) is 0 Å². The normalized spacial score (nSPS) is 12.2. The third kappa shape index (κ3) is 8.13. The van der Waals surface area contributed by atoms with Gasteiger partial charge < -0.3 is 10.6 Å². The van der Waals surface area contributed by atoms with Crippen molar-refractivity contribution in [1.29, 1.82) is 0 Å². The van der Waals surface area contributed by atoms with Gasteiger partial charge in [-0.3, -0.25) is 4.90 Å². The maximum Gasteiger partial charge on any atom is 0.401 e. The van der Waals surface area contributed by atoms with Gasteiger partial charge in [0.1, 0.15) is 0 Å². The zero-order chi connectivity index (χ0) is 18.4. The molecule has 0 spiro atoms. The third-order valence-corrected chi connectivity index (χ3v) is 3.78. The van der Waals surface area contributed by atoms with Crippen molar-refractivity contribution in [2.24, 2.45) is 5.14 Å². The highest BCUT2D eigenvalue weighted by Gasteiger charge is 2.28. The molecule has 0 saturated heterocycles. The monoisotopic (exact) mass is 368 g/mol. The van der Waals surface area contributed by atoms with Crippen molar-refractivity contribution in [2.45, 2.75) is 17.5 Å². The molecule has 24 heavy (non-hydrogen) atoms. The van der Waals surface area contributed by atoms with Crippen molar-refractivity contribution in [3.63, 3.8) is 0 Å². The van der Waals surface area contributed by atoms with Crippen LogP contribution in [0.15, 0.2) is 29.2 Å². The van der Waals surface area contributed by atoms with Gasteiger partial charge in [-0.25, -0.2) is 18.4 Å². The minimum atomic E-state index is -4.26. The number of nitrogens with one attached hydrogen (secondary N) is 2. The average molecular weight is 368 g/mol. The standard InChI is InChI=1S/C13H19F3N4O3S/c1-20(9-13(14,15)16)7-3-6-18-12(21)19-10-4-2-5-11(8-10)24(17,22)23/h2,4-5,8H,3,6-7,9H2,1H3,(H2,17,22,23)(H2,18,19,21). The molecule has 0 bridgehead atoms. The van der Waals surface area contributed by atoms with E-state index in [1.807, 2.05) is 0 Å². The van der Waals surface area contributed by atoms with Crippen LogP contribution in [0.3, 0.4) is 0 Å². The van der Waals surface area contributed by atoms with Crippen molar-refractivity contribution >= 4 is 21.7 Å². The summed E-state index contributed by atoms with van der Waals surface area (Å²) in [4.78, 5) is 12.6. The Morgan fingerprint density at radius 1 is 1.33 bits per heavy atom. The van der Waals surface area contributed by atoms with Crippen molar-refractivity contribution in [3.8, 4) is 0 Å². The Balaban J connectivity index is 2.37. The number of anilines is 1. The summed E-state index contributed by atoms with van der Waals surface area (Å²) < 4.78 is 58.8. The number of nitrogens with two attached hydrogens (primary N) is 1. The lowest BCUT2D eigenvalue weighted by Crippen LogP contribution is -2.34. The van der Waals surface area contributed by atoms with E-state index in [4.69, 9.17) is 5.14 Å². The average Bonchev–Trinajstić information content (AvgIpc) is 2.41. The minimum Gasteiger partial charge on any atom is -0.338 e. The van der Waals surface area contributed by atoms with E-state index < -0.39 is 28.8 Å². The van der Waals surface area contributed by atoms with Gasteiger partial charge in [0.15, 0.2) is 0 Å². The second-order valence-electron chi connectivity index (χ2n) is 5.16. The van der Waals surface area contributed by atoms with Crippen LogP contribution in [0.25, 0.3) is 0 Å². The predicted octanol–water partition coefficient (Wildman–Crippen LogP) is 1.34. The first-order chi connectivity index (χ1) is 11.0. The lowest BCUT2D eigenvalue weighted by atomic mass is 10.3. The Hall–Kier alpha value is -1.85. The zero-order valence-corrected chi connectivity index (χ0v) is 13.7. The molecule has 0 aromatic heterocycles. The maximum atomic E-state index is 12.1. The zero-order valence-electron chi connectivity index (χ0n) is 12.9. The van der Waals surface area contributed by atoms with Gasteiger partial charge >= 0.3 is 12.2 Å². The minimum absolute atomic E-state index is 0.144. The number of halogens is 3. The molecule has 0 aliphatic rings. The molecule has 1 aromatic carbocycles. The van der Waals surface area contributed by atoms with E-state index in [-0.39, 0.29) is 23.7 Å². The van der Waals surface area contributed by atoms with Gasteiger partial charge in [0.2, 0.25) is 10.0 Å². The number of urea groups is 1. The van der Waals surface area contributed by atoms with Gasteiger partial charge in [-0.05, 0) is 38.2 Å². The maximum absolute atomic E-state index is 12.1. The summed E-state index contributed by atoms with van der Waals surface area (Å²) in [5.74, 6) is 0. The number of alkyl halides is 3. The summed E-state index contributed by atoms with van der Waals surface area (Å²) in [5.41, 5.74) is 0.230. The molecule has 136 valence electrons. The Bertz CT molecular complexity index is 665. The van der Waals surface area contributed by atoms with Gasteiger partial charge in [-0.15, -0.1) is 0 Å². The number of primary sulfonamides is 1. The smallest absolute Gasteiger partial charge is 0.338 e. The van der Waals surface area contributed by atoms with Gasteiger partial charge in [0.05, 0.1) is 11.4 Å². The van der Waals surface area contributed by atoms with Crippen LogP contribution in [-0.4, -0.2) is 52.2 Å². The largest absolute Gasteiger partial charge is 0.401 e. The predicted molar refractivity (Wildman–Crippen MR) is 83.0 cm³/mol. The number of amides is 2. The van der Waals surface area contributed by atoms with Crippen molar-refractivity contribution in [1.82, 2.24) is 10.2 Å². The number of nitrogens with zero attached hydrogens (tertiary/aromatic N) is 1. The quantitative estimate of drug-likeness (QED) is 0.632. The van der Waals surface area contributed by atoms with Crippen LogP contribution in [0.1, 0.15) is 6.42 Å². The summed E-state index contributed by atoms with van der Waals surface area (Å²) in [5, 5.41) is 9.87. The molecular formula is C13H19F3N4O3S. The summed E-state index contributed by atoms with van der Waals surface area (Å²) in [6, 6.07) is 4.79. The SMILES string of the molecule is CN(CCCNC(=O)Nc1cccc(S(N)(=O)=O)c1)CC(F)(F)F. The van der Waals surface area contributed by atoms with Crippen LogP contribution in [-0.2, 0) is 10.0 Å². The Labute approximate surface area is 138 Å². The molecule has 7 nitrogen and oxygen atoms in total. The molecule has 0 radical (unpaired) electrons. The van der Waals surface area contributed by atoms with E-state index in [1.54, 1.807) is 0 Å². The first-order valence-electron chi connectivity index (χ1n) is 6.90. The van der Waals surface area contributed by atoms with E-state index in [0.29, 0.717) is 6.42 Å². The lowest BCUT2D eigenvalue weighted by molar-refractivity contribution is -0.143. The fourth-order valence-electron chi connectivity index (χ4n) is 1.86. The Kier molecular flexibility index (Phi) is 6.99. The second kappa shape index (κ2) is 8.31. The summed E-state index contributed by atoms with van der Waals surface area (Å²) >= 11 is 0. The summed E-state index contributed by atoms with van der Waals surface area (Å²) in [6.07, 6.45) is -3.93. The van der Waals surface area contributed by atoms with E-state index in [1.165, 1.54) is 31.3 Å². The summed E-state index contributed by atoms with van der Waals surface area (Å²) in [6.45, 7) is -0.677. The van der Waals surface area contributed by atoms with E-state index >= 15 is 0 Å². The molecule has 0 heterocycles. The molecule has 0 unspecified atom stereocenters. The van der Waals surface area contributed by atoms with Crippen LogP contribution in [0, 0.1) is 0 Å². The van der Waals surface area contributed by atoms with Crippen LogP contribution in [0.2, 0.25) is 0 Å². The van der Waals surface area contributed by atoms with Crippen molar-refractivity contribution in [2.75, 3.05) is 32.0 Å². The number of rotatable bonds is 7. The lowest BCUT2D eigenvalue weighted by Gasteiger charge is -2.18. The number of carbonyl (C=O) groups excluding carboxylic acids is 1. The van der Waals surface area contributed by atoms with Crippen LogP contribution in [0.4, 0.5) is 23.7 Å². The molecular weight excluding hydrogens is 349 g/mol. The first-order valence-corrected chi connectivity index (χ1v) is 8.45. The van der Waals surface area contributed by atoms with Crippen LogP contribution < -0.4 is 15.8 Å². The summed E-state index contributed by atoms with van der Waals surface area (Å²) in [7, 11) is -2.54. The molecule has 0 aliphatic carbocycles. The molecule has 0 atom stereocenters. The molecule has 2 amide bonds. The molecule has 0 saturated carbocycles. The van der Waals surface area contributed by atoms with E-state index in [9.17, 15) is 26.4 Å². The number of hydrogen-bond donors (Lipinski definition) is 3. The fourth-order valence-corrected chi connectivity index (χ4v) is 2.42. The fraction of sp³-hybridized carbons (Fsp3) is 0.462. The van der Waals surface area contributed by atoms with Gasteiger partial charge in [-0.1, -0.05) is 6.07 Å². The topological polar surface area (TPSA) is 105 Å². The molecule has 1 rings (SSSR count). The molecule has 0 aliphatic heterocycles. The highest BCUT2D eigenvalue weighted by atomic mass is 32.2. The number of hydrogen-bond acceptors (Lipinski definition) is 4. The third-order valence-electron chi connectivity index (χ3n) is 2.87. The molecule has 11 heteroatoms. The first kappa shape index (κ1) is 20.2. The van der Waals surface area contributed by atoms with E-state index in [0.717, 1.165) is 4.90 Å². The van der Waals surface area contributed by atoms with Gasteiger partial charge in [0, 0.05) is 12.2 Å². The van der Waals surface area contributed by atoms with Crippen molar-refractivity contribution in [3.05, 3.63) is 24.3 Å². The highest BCUT2D eigenvalue weighted by Crippen LogP contribution is 2.15. The Morgan fingerprint density at radius 2 is 2.00 bits per heavy atom. The molecule has 4 N–H and O–H groups in total. The molecule has 1 aromatic rings. The number of carbonyl (C=O) groups is 1. The number of sulfonamides is 1. The van der Waals surface area contributed by atoms with Crippen molar-refractivity contribution < 1.29 is 26.4 Å². The van der Waals surface area contributed by atoms with Crippen LogP contribution >= 0.6 is 0 Å². The second-order valence-corrected chi connectivity index (χ2v) is 6.72. The highest BCUT2D eigenvalue weighted by molar-refractivity contribution is 7.89. The number of benzene rings is 1. The van der Waals surface area contributed by atoms with Crippen LogP contribution in [0.5, 0.6) is 0 Å².